The van der Waals surface area contributed by atoms with Crippen molar-refractivity contribution >= 4 is 22.7 Å². The van der Waals surface area contributed by atoms with Gasteiger partial charge in [0.05, 0.1) is 22.2 Å². The highest BCUT2D eigenvalue weighted by Gasteiger charge is 2.07. The summed E-state index contributed by atoms with van der Waals surface area (Å²) in [5, 5.41) is 11.4. The van der Waals surface area contributed by atoms with Gasteiger partial charge in [-0.05, 0) is 42.7 Å². The van der Waals surface area contributed by atoms with Crippen LogP contribution in [0.2, 0.25) is 0 Å². The van der Waals surface area contributed by atoms with Gasteiger partial charge < -0.3 is 0 Å². The second-order valence-electron chi connectivity index (χ2n) is 5.31. The van der Waals surface area contributed by atoms with Crippen LogP contribution in [0, 0.1) is 25.2 Å². The summed E-state index contributed by atoms with van der Waals surface area (Å²) in [5.41, 5.74) is 5.30. The predicted molar refractivity (Wildman–Crippen MR) is 91.9 cm³/mol. The lowest BCUT2D eigenvalue weighted by atomic mass is 10.1. The Morgan fingerprint density at radius 1 is 1.05 bits per heavy atom. The van der Waals surface area contributed by atoms with E-state index in [1.165, 1.54) is 16.5 Å². The van der Waals surface area contributed by atoms with Crippen LogP contribution < -0.4 is 0 Å². The third kappa shape index (κ3) is 2.84. The van der Waals surface area contributed by atoms with Crippen LogP contribution in [0.1, 0.15) is 22.3 Å². The van der Waals surface area contributed by atoms with Crippen LogP contribution in [0.4, 0.5) is 0 Å². The molecule has 0 amide bonds. The first-order valence-corrected chi connectivity index (χ1v) is 8.15. The molecule has 2 aromatic carbocycles. The smallest absolute Gasteiger partial charge is 0.0994 e. The lowest BCUT2D eigenvalue weighted by molar-refractivity contribution is 1.15. The number of fused-ring (bicyclic) bond motifs is 1. The van der Waals surface area contributed by atoms with E-state index in [0.29, 0.717) is 0 Å². The molecule has 0 N–H and O–H groups in total. The fourth-order valence-electron chi connectivity index (χ4n) is 2.51. The second kappa shape index (κ2) is 6.21. The van der Waals surface area contributed by atoms with E-state index >= 15 is 0 Å². The standard InChI is InChI=1S/C19H16N2S/c1-13-6-5-9-17-14(2)10-18(21-19(13)17)22-12-16-8-4-3-7-15(16)11-20/h3-10H,12H2,1-2H3. The van der Waals surface area contributed by atoms with Crippen LogP contribution in [0.25, 0.3) is 10.9 Å². The largest absolute Gasteiger partial charge is 0.241 e. The number of nitrogens with zero attached hydrogens (tertiary/aromatic N) is 2. The van der Waals surface area contributed by atoms with Crippen molar-refractivity contribution in [2.75, 3.05) is 0 Å². The minimum absolute atomic E-state index is 0.740. The number of rotatable bonds is 3. The molecule has 0 saturated heterocycles. The van der Waals surface area contributed by atoms with Crippen molar-refractivity contribution in [2.24, 2.45) is 0 Å². The Morgan fingerprint density at radius 3 is 2.68 bits per heavy atom. The lowest BCUT2D eigenvalue weighted by Crippen LogP contribution is -1.91. The fourth-order valence-corrected chi connectivity index (χ4v) is 3.48. The van der Waals surface area contributed by atoms with Gasteiger partial charge >= 0.3 is 0 Å². The van der Waals surface area contributed by atoms with E-state index in [1.54, 1.807) is 11.8 Å². The minimum Gasteiger partial charge on any atom is -0.241 e. The molecule has 0 saturated carbocycles. The quantitative estimate of drug-likeness (QED) is 0.638. The molecule has 0 radical (unpaired) electrons. The molecule has 2 nitrogen and oxygen atoms in total. The highest BCUT2D eigenvalue weighted by atomic mass is 32.2. The molecule has 0 bridgehead atoms. The number of benzene rings is 2. The molecule has 22 heavy (non-hydrogen) atoms. The van der Waals surface area contributed by atoms with Crippen LogP contribution >= 0.6 is 11.8 Å². The van der Waals surface area contributed by atoms with Gasteiger partial charge in [0.1, 0.15) is 0 Å². The maximum atomic E-state index is 9.16. The van der Waals surface area contributed by atoms with Gasteiger partial charge in [-0.25, -0.2) is 4.98 Å². The molecule has 3 rings (SSSR count). The molecule has 0 aliphatic carbocycles. The highest BCUT2D eigenvalue weighted by molar-refractivity contribution is 7.98. The number of hydrogen-bond acceptors (Lipinski definition) is 3. The van der Waals surface area contributed by atoms with Gasteiger partial charge in [-0.2, -0.15) is 5.26 Å². The van der Waals surface area contributed by atoms with E-state index in [1.807, 2.05) is 24.3 Å². The van der Waals surface area contributed by atoms with E-state index in [-0.39, 0.29) is 0 Å². The monoisotopic (exact) mass is 304 g/mol. The first kappa shape index (κ1) is 14.6. The summed E-state index contributed by atoms with van der Waals surface area (Å²) in [6.07, 6.45) is 0. The van der Waals surface area contributed by atoms with Crippen molar-refractivity contribution in [1.82, 2.24) is 4.98 Å². The Morgan fingerprint density at radius 2 is 1.86 bits per heavy atom. The number of thioether (sulfide) groups is 1. The summed E-state index contributed by atoms with van der Waals surface area (Å²) < 4.78 is 0. The summed E-state index contributed by atoms with van der Waals surface area (Å²) in [7, 11) is 0. The van der Waals surface area contributed by atoms with E-state index in [4.69, 9.17) is 10.2 Å². The Hall–Kier alpha value is -2.31. The van der Waals surface area contributed by atoms with Crippen LogP contribution in [-0.2, 0) is 5.75 Å². The number of aryl methyl sites for hydroxylation is 2. The first-order valence-electron chi connectivity index (χ1n) is 7.17. The fraction of sp³-hybridized carbons (Fsp3) is 0.158. The Balaban J connectivity index is 1.92. The third-order valence-corrected chi connectivity index (χ3v) is 4.70. The van der Waals surface area contributed by atoms with E-state index in [9.17, 15) is 0 Å². The average molecular weight is 304 g/mol. The summed E-state index contributed by atoms with van der Waals surface area (Å²) in [5.74, 6) is 0.758. The molecular formula is C19H16N2S. The molecule has 0 aliphatic rings. The summed E-state index contributed by atoms with van der Waals surface area (Å²) >= 11 is 1.68. The Bertz CT molecular complexity index is 878. The summed E-state index contributed by atoms with van der Waals surface area (Å²) in [4.78, 5) is 4.79. The number of nitriles is 1. The topological polar surface area (TPSA) is 36.7 Å². The zero-order chi connectivity index (χ0) is 15.5. The molecule has 1 heterocycles. The van der Waals surface area contributed by atoms with Gasteiger partial charge in [0.2, 0.25) is 0 Å². The number of hydrogen-bond donors (Lipinski definition) is 0. The maximum Gasteiger partial charge on any atom is 0.0994 e. The average Bonchev–Trinajstić information content (AvgIpc) is 2.54. The van der Waals surface area contributed by atoms with Crippen LogP contribution in [0.3, 0.4) is 0 Å². The second-order valence-corrected chi connectivity index (χ2v) is 6.30. The number of pyridine rings is 1. The van der Waals surface area contributed by atoms with Crippen molar-refractivity contribution in [3.63, 3.8) is 0 Å². The van der Waals surface area contributed by atoms with E-state index in [2.05, 4.69) is 44.2 Å². The van der Waals surface area contributed by atoms with Crippen molar-refractivity contribution in [1.29, 1.82) is 5.26 Å². The van der Waals surface area contributed by atoms with Gasteiger partial charge in [-0.3, -0.25) is 0 Å². The molecule has 0 aliphatic heterocycles. The molecular weight excluding hydrogens is 288 g/mol. The van der Waals surface area contributed by atoms with Gasteiger partial charge in [0.15, 0.2) is 0 Å². The zero-order valence-electron chi connectivity index (χ0n) is 12.6. The molecule has 0 unspecified atom stereocenters. The predicted octanol–water partition coefficient (Wildman–Crippen LogP) is 5.02. The summed E-state index contributed by atoms with van der Waals surface area (Å²) in [6.45, 7) is 4.21. The molecule has 0 spiro atoms. The molecule has 0 atom stereocenters. The SMILES string of the molecule is Cc1cc(SCc2ccccc2C#N)nc2c(C)cccc12. The number of para-hydroxylation sites is 1. The Labute approximate surface area is 134 Å². The zero-order valence-corrected chi connectivity index (χ0v) is 13.4. The minimum atomic E-state index is 0.740. The maximum absolute atomic E-state index is 9.16. The van der Waals surface area contributed by atoms with Crippen molar-refractivity contribution in [3.05, 3.63) is 70.8 Å². The number of aromatic nitrogens is 1. The van der Waals surface area contributed by atoms with Gasteiger partial charge in [0.25, 0.3) is 0 Å². The van der Waals surface area contributed by atoms with Crippen molar-refractivity contribution < 1.29 is 0 Å². The van der Waals surface area contributed by atoms with Crippen LogP contribution in [0.15, 0.2) is 53.6 Å². The Kier molecular flexibility index (Phi) is 4.13. The van der Waals surface area contributed by atoms with Gasteiger partial charge in [-0.1, -0.05) is 36.4 Å². The highest BCUT2D eigenvalue weighted by Crippen LogP contribution is 2.28. The molecule has 3 heteroatoms. The normalized spacial score (nSPS) is 10.6. The molecule has 108 valence electrons. The van der Waals surface area contributed by atoms with Crippen molar-refractivity contribution in [2.45, 2.75) is 24.6 Å². The van der Waals surface area contributed by atoms with Gasteiger partial charge in [-0.15, -0.1) is 11.8 Å². The van der Waals surface area contributed by atoms with E-state index < -0.39 is 0 Å². The van der Waals surface area contributed by atoms with E-state index in [0.717, 1.165) is 27.4 Å². The lowest BCUT2D eigenvalue weighted by Gasteiger charge is -2.09. The first-order chi connectivity index (χ1) is 10.7. The molecule has 1 aromatic heterocycles. The van der Waals surface area contributed by atoms with Crippen LogP contribution in [0.5, 0.6) is 0 Å². The summed E-state index contributed by atoms with van der Waals surface area (Å²) in [6, 6.07) is 18.4. The van der Waals surface area contributed by atoms with Crippen LogP contribution in [-0.4, -0.2) is 4.98 Å². The molecule has 0 fully saturated rings. The third-order valence-electron chi connectivity index (χ3n) is 3.74. The van der Waals surface area contributed by atoms with Crippen molar-refractivity contribution in [3.8, 4) is 6.07 Å². The van der Waals surface area contributed by atoms with Gasteiger partial charge in [0, 0.05) is 11.1 Å². The molecule has 3 aromatic rings.